The molecule has 10 nitrogen and oxygen atoms in total. The number of amides is 3. The lowest BCUT2D eigenvalue weighted by Crippen LogP contribution is -2.70. The molecule has 2 atom stereocenters. The first-order valence-corrected chi connectivity index (χ1v) is 12.6. The maximum atomic E-state index is 12.8. The number of carboxylic acids is 1. The summed E-state index contributed by atoms with van der Waals surface area (Å²) in [5.41, 5.74) is 7.03. The number of carboxylic acid groups (broad SMARTS) is 1. The van der Waals surface area contributed by atoms with E-state index in [1.54, 1.807) is 11.5 Å². The number of nitrogen functional groups attached to an aromatic ring is 1. The third kappa shape index (κ3) is 4.24. The van der Waals surface area contributed by atoms with Gasteiger partial charge in [0.25, 0.3) is 5.91 Å². The molecule has 174 valence electrons. The van der Waals surface area contributed by atoms with E-state index in [4.69, 9.17) is 5.73 Å². The highest BCUT2D eigenvalue weighted by Crippen LogP contribution is 2.41. The standard InChI is InChI=1S/C21H23N5O5S2/c22-21-23-13(9-33-21)6-14(27)24-15-18(29)26-16(20(30)31)12(8-32-19(15)26)5-11-3-4-25(17(11)28)7-10-1-2-10/h5,9-10,15,19H,1-4,6-8H2,(H2,22,23)(H,24,27)(H,30,31)/t15-,19-/m1/s1. The van der Waals surface area contributed by atoms with Gasteiger partial charge >= 0.3 is 5.97 Å². The van der Waals surface area contributed by atoms with Crippen LogP contribution in [0.4, 0.5) is 5.13 Å². The molecular weight excluding hydrogens is 466 g/mol. The van der Waals surface area contributed by atoms with E-state index >= 15 is 0 Å². The normalized spacial score (nSPS) is 26.0. The summed E-state index contributed by atoms with van der Waals surface area (Å²) >= 11 is 2.61. The van der Waals surface area contributed by atoms with Crippen molar-refractivity contribution in [1.82, 2.24) is 20.1 Å². The highest BCUT2D eigenvalue weighted by Gasteiger charge is 2.54. The number of fused-ring (bicyclic) bond motifs is 1. The summed E-state index contributed by atoms with van der Waals surface area (Å²) in [6, 6.07) is -0.802. The maximum absolute atomic E-state index is 12.8. The van der Waals surface area contributed by atoms with Crippen molar-refractivity contribution in [2.75, 3.05) is 24.6 Å². The Balaban J connectivity index is 1.29. The highest BCUT2D eigenvalue weighted by molar-refractivity contribution is 8.00. The molecule has 1 aromatic rings. The van der Waals surface area contributed by atoms with Crippen molar-refractivity contribution in [3.63, 3.8) is 0 Å². The monoisotopic (exact) mass is 489 g/mol. The lowest BCUT2D eigenvalue weighted by Gasteiger charge is -2.49. The fraction of sp³-hybridized carbons (Fsp3) is 0.476. The number of aliphatic carboxylic acids is 1. The van der Waals surface area contributed by atoms with Crippen molar-refractivity contribution in [3.05, 3.63) is 34.0 Å². The maximum Gasteiger partial charge on any atom is 0.352 e. The molecule has 0 unspecified atom stereocenters. The van der Waals surface area contributed by atoms with Crippen LogP contribution >= 0.6 is 23.1 Å². The van der Waals surface area contributed by atoms with E-state index in [2.05, 4.69) is 10.3 Å². The highest BCUT2D eigenvalue weighted by atomic mass is 32.2. The number of nitrogens with one attached hydrogen (secondary N) is 1. The van der Waals surface area contributed by atoms with Crippen LogP contribution in [-0.2, 0) is 25.6 Å². The van der Waals surface area contributed by atoms with E-state index in [0.29, 0.717) is 46.6 Å². The van der Waals surface area contributed by atoms with Crippen LogP contribution in [0.25, 0.3) is 0 Å². The molecule has 1 saturated carbocycles. The number of hydrogen-bond donors (Lipinski definition) is 3. The zero-order valence-electron chi connectivity index (χ0n) is 17.7. The second-order valence-electron chi connectivity index (χ2n) is 8.60. The van der Waals surface area contributed by atoms with Crippen LogP contribution in [0, 0.1) is 5.92 Å². The Bertz CT molecular complexity index is 1110. The number of nitrogens with zero attached hydrogens (tertiary/aromatic N) is 3. The number of thiazole rings is 1. The molecule has 1 aromatic heterocycles. The third-order valence-electron chi connectivity index (χ3n) is 6.16. The Morgan fingerprint density at radius 1 is 1.33 bits per heavy atom. The minimum Gasteiger partial charge on any atom is -0.477 e. The van der Waals surface area contributed by atoms with Crippen molar-refractivity contribution in [3.8, 4) is 0 Å². The van der Waals surface area contributed by atoms with E-state index in [9.17, 15) is 24.3 Å². The molecule has 4 aliphatic rings. The average molecular weight is 490 g/mol. The molecular formula is C21H23N5O5S2. The minimum atomic E-state index is -1.22. The second-order valence-corrected chi connectivity index (χ2v) is 10.6. The summed E-state index contributed by atoms with van der Waals surface area (Å²) in [4.78, 5) is 57.0. The lowest BCUT2D eigenvalue weighted by atomic mass is 10.0. The molecule has 1 aliphatic carbocycles. The van der Waals surface area contributed by atoms with Gasteiger partial charge in [0, 0.05) is 29.8 Å². The van der Waals surface area contributed by atoms with Crippen LogP contribution in [0.2, 0.25) is 0 Å². The smallest absolute Gasteiger partial charge is 0.352 e. The van der Waals surface area contributed by atoms with Gasteiger partial charge in [0.2, 0.25) is 11.8 Å². The van der Waals surface area contributed by atoms with Gasteiger partial charge in [-0.1, -0.05) is 0 Å². The number of hydrogen-bond acceptors (Lipinski definition) is 8. The topological polar surface area (TPSA) is 146 Å². The predicted molar refractivity (Wildman–Crippen MR) is 122 cm³/mol. The fourth-order valence-electron chi connectivity index (χ4n) is 4.34. The van der Waals surface area contributed by atoms with Crippen LogP contribution in [0.1, 0.15) is 25.0 Å². The Labute approximate surface area is 197 Å². The van der Waals surface area contributed by atoms with Crippen molar-refractivity contribution >= 4 is 51.9 Å². The molecule has 3 amide bonds. The van der Waals surface area contributed by atoms with Crippen molar-refractivity contribution in [1.29, 1.82) is 0 Å². The molecule has 3 aliphatic heterocycles. The third-order valence-corrected chi connectivity index (χ3v) is 8.19. The predicted octanol–water partition coefficient (Wildman–Crippen LogP) is 0.575. The summed E-state index contributed by atoms with van der Waals surface area (Å²) < 4.78 is 0. The van der Waals surface area contributed by atoms with Gasteiger partial charge < -0.3 is 21.1 Å². The molecule has 2 saturated heterocycles. The molecule has 12 heteroatoms. The van der Waals surface area contributed by atoms with Gasteiger partial charge in [-0.15, -0.1) is 23.1 Å². The number of nitrogens with two attached hydrogens (primary N) is 1. The Morgan fingerprint density at radius 2 is 2.12 bits per heavy atom. The van der Waals surface area contributed by atoms with E-state index in [1.165, 1.54) is 28.0 Å². The molecule has 4 heterocycles. The van der Waals surface area contributed by atoms with Crippen molar-refractivity contribution in [2.45, 2.75) is 37.1 Å². The number of aromatic nitrogens is 1. The zero-order chi connectivity index (χ0) is 23.3. The number of thioether (sulfide) groups is 1. The van der Waals surface area contributed by atoms with Gasteiger partial charge in [-0.3, -0.25) is 19.3 Å². The SMILES string of the molecule is Nc1nc(CC(=O)N[C@@H]2C(=O)N3C(C(=O)O)=C(C=C4CCN(CC5CC5)C4=O)CS[C@H]23)cs1. The summed E-state index contributed by atoms with van der Waals surface area (Å²) in [5, 5.41) is 14.1. The molecule has 0 spiro atoms. The first-order chi connectivity index (χ1) is 15.8. The molecule has 3 fully saturated rings. The van der Waals surface area contributed by atoms with Crippen LogP contribution in [0.15, 0.2) is 28.3 Å². The Kier molecular flexibility index (Phi) is 5.65. The molecule has 0 aromatic carbocycles. The largest absolute Gasteiger partial charge is 0.477 e. The number of carbonyl (C=O) groups excluding carboxylic acids is 3. The molecule has 5 rings (SSSR count). The number of anilines is 1. The number of allylic oxidation sites excluding steroid dienone is 1. The van der Waals surface area contributed by atoms with Crippen LogP contribution in [-0.4, -0.2) is 73.8 Å². The van der Waals surface area contributed by atoms with Crippen molar-refractivity contribution < 1.29 is 24.3 Å². The van der Waals surface area contributed by atoms with E-state index in [1.807, 2.05) is 4.90 Å². The van der Waals surface area contributed by atoms with E-state index < -0.39 is 23.3 Å². The fourth-order valence-corrected chi connectivity index (χ4v) is 6.21. The molecule has 33 heavy (non-hydrogen) atoms. The van der Waals surface area contributed by atoms with Gasteiger partial charge in [0.1, 0.15) is 17.1 Å². The number of likely N-dealkylation sites (tertiary alicyclic amines) is 1. The van der Waals surface area contributed by atoms with Gasteiger partial charge in [-0.25, -0.2) is 9.78 Å². The molecule has 4 N–H and O–H groups in total. The van der Waals surface area contributed by atoms with Crippen molar-refractivity contribution in [2.24, 2.45) is 5.92 Å². The number of rotatable bonds is 7. The quantitative estimate of drug-likeness (QED) is 0.372. The summed E-state index contributed by atoms with van der Waals surface area (Å²) in [7, 11) is 0. The first-order valence-electron chi connectivity index (χ1n) is 10.7. The number of β-lactam (4-membered cyclic amide) rings is 1. The van der Waals surface area contributed by atoms with Crippen LogP contribution in [0.3, 0.4) is 0 Å². The van der Waals surface area contributed by atoms with Gasteiger partial charge in [-0.2, -0.15) is 0 Å². The Morgan fingerprint density at radius 3 is 2.79 bits per heavy atom. The van der Waals surface area contributed by atoms with Gasteiger partial charge in [-0.05, 0) is 36.8 Å². The summed E-state index contributed by atoms with van der Waals surface area (Å²) in [5.74, 6) is -1.19. The van der Waals surface area contributed by atoms with Crippen LogP contribution in [0.5, 0.6) is 0 Å². The summed E-state index contributed by atoms with van der Waals surface area (Å²) in [6.07, 6.45) is 4.52. The lowest BCUT2D eigenvalue weighted by molar-refractivity contribution is -0.150. The molecule has 0 bridgehead atoms. The van der Waals surface area contributed by atoms with Gasteiger partial charge in [0.15, 0.2) is 5.13 Å². The molecule has 0 radical (unpaired) electrons. The minimum absolute atomic E-state index is 0.00664. The zero-order valence-corrected chi connectivity index (χ0v) is 19.3. The average Bonchev–Trinajstić information content (AvgIpc) is 3.42. The second kappa shape index (κ2) is 8.49. The van der Waals surface area contributed by atoms with E-state index in [0.717, 1.165) is 19.4 Å². The first kappa shape index (κ1) is 22.0. The van der Waals surface area contributed by atoms with Gasteiger partial charge in [0.05, 0.1) is 12.1 Å². The number of carbonyl (C=O) groups is 4. The van der Waals surface area contributed by atoms with Crippen LogP contribution < -0.4 is 11.1 Å². The summed E-state index contributed by atoms with van der Waals surface area (Å²) in [6.45, 7) is 1.41. The Hall–Kier alpha value is -2.86. The van der Waals surface area contributed by atoms with E-state index in [-0.39, 0.29) is 23.9 Å².